The summed E-state index contributed by atoms with van der Waals surface area (Å²) in [6.45, 7) is 3.66. The van der Waals surface area contributed by atoms with E-state index < -0.39 is 5.97 Å². The fourth-order valence-electron chi connectivity index (χ4n) is 3.41. The number of nitrogens with one attached hydrogen (secondary N) is 2. The van der Waals surface area contributed by atoms with Crippen LogP contribution in [0.25, 0.3) is 0 Å². The average molecular weight is 317 g/mol. The summed E-state index contributed by atoms with van der Waals surface area (Å²) >= 11 is 0. The van der Waals surface area contributed by atoms with Gasteiger partial charge in [-0.3, -0.25) is 10.2 Å². The molecule has 6 heteroatoms. The highest BCUT2D eigenvalue weighted by Gasteiger charge is 2.34. The second kappa shape index (κ2) is 6.68. The van der Waals surface area contributed by atoms with Crippen molar-refractivity contribution in [3.8, 4) is 0 Å². The fraction of sp³-hybridized carbons (Fsp3) is 0.529. The summed E-state index contributed by atoms with van der Waals surface area (Å²) in [4.78, 5) is 25.3. The highest BCUT2D eigenvalue weighted by atomic mass is 16.4. The Bertz CT molecular complexity index is 587. The Balaban J connectivity index is 1.53. The van der Waals surface area contributed by atoms with Crippen LogP contribution in [0.4, 0.5) is 0 Å². The van der Waals surface area contributed by atoms with Gasteiger partial charge in [0.05, 0.1) is 5.56 Å². The molecule has 2 saturated heterocycles. The van der Waals surface area contributed by atoms with Gasteiger partial charge in [-0.2, -0.15) is 0 Å². The number of carboxylic acid groups (broad SMARTS) is 1. The number of rotatable bonds is 4. The maximum absolute atomic E-state index is 12.5. The lowest BCUT2D eigenvalue weighted by Gasteiger charge is -2.20. The number of carboxylic acids is 1. The number of likely N-dealkylation sites (tertiary alicyclic amines) is 1. The van der Waals surface area contributed by atoms with Crippen LogP contribution in [0.1, 0.15) is 35.7 Å². The topological polar surface area (TPSA) is 81.7 Å². The summed E-state index contributed by atoms with van der Waals surface area (Å²) in [5, 5.41) is 8.92. The van der Waals surface area contributed by atoms with Gasteiger partial charge < -0.3 is 10.0 Å². The molecule has 2 aliphatic heterocycles. The van der Waals surface area contributed by atoms with Crippen LogP contribution in [-0.4, -0.2) is 47.1 Å². The largest absolute Gasteiger partial charge is 0.478 e. The van der Waals surface area contributed by atoms with Gasteiger partial charge in [-0.1, -0.05) is 12.1 Å². The Labute approximate surface area is 135 Å². The molecule has 3 atom stereocenters. The zero-order valence-electron chi connectivity index (χ0n) is 13.3. The molecule has 0 radical (unpaired) electrons. The van der Waals surface area contributed by atoms with Gasteiger partial charge in [0.15, 0.2) is 0 Å². The SMILES string of the molecule is CC1CC(C(=O)N2CCC(Cc3ccc(C(=O)O)cc3)C2)NN1. The number of nitrogens with zero attached hydrogens (tertiary/aromatic N) is 1. The number of hydrogen-bond donors (Lipinski definition) is 3. The van der Waals surface area contributed by atoms with E-state index in [1.807, 2.05) is 17.0 Å². The van der Waals surface area contributed by atoms with Crippen LogP contribution < -0.4 is 10.9 Å². The smallest absolute Gasteiger partial charge is 0.335 e. The van der Waals surface area contributed by atoms with Gasteiger partial charge in [-0.25, -0.2) is 10.2 Å². The predicted molar refractivity (Wildman–Crippen MR) is 85.9 cm³/mol. The minimum Gasteiger partial charge on any atom is -0.478 e. The Morgan fingerprint density at radius 2 is 2.00 bits per heavy atom. The van der Waals surface area contributed by atoms with E-state index in [0.29, 0.717) is 17.5 Å². The third kappa shape index (κ3) is 3.71. The van der Waals surface area contributed by atoms with E-state index in [-0.39, 0.29) is 11.9 Å². The van der Waals surface area contributed by atoms with Gasteiger partial charge in [0.2, 0.25) is 5.91 Å². The van der Waals surface area contributed by atoms with E-state index in [4.69, 9.17) is 5.11 Å². The minimum atomic E-state index is -0.902. The molecule has 2 heterocycles. The van der Waals surface area contributed by atoms with Crippen LogP contribution in [0.2, 0.25) is 0 Å². The van der Waals surface area contributed by atoms with Crippen LogP contribution in [0, 0.1) is 5.92 Å². The molecule has 3 unspecified atom stereocenters. The van der Waals surface area contributed by atoms with Crippen molar-refractivity contribution >= 4 is 11.9 Å². The summed E-state index contributed by atoms with van der Waals surface area (Å²) in [6.07, 6.45) is 2.72. The van der Waals surface area contributed by atoms with Gasteiger partial charge in [-0.15, -0.1) is 0 Å². The molecule has 3 N–H and O–H groups in total. The van der Waals surface area contributed by atoms with Crippen LogP contribution in [0.15, 0.2) is 24.3 Å². The number of hydrazine groups is 1. The van der Waals surface area contributed by atoms with Crippen molar-refractivity contribution in [1.29, 1.82) is 0 Å². The Morgan fingerprint density at radius 1 is 1.26 bits per heavy atom. The van der Waals surface area contributed by atoms with Crippen molar-refractivity contribution in [2.24, 2.45) is 5.92 Å². The third-order valence-corrected chi connectivity index (χ3v) is 4.71. The number of carbonyl (C=O) groups excluding carboxylic acids is 1. The molecule has 3 rings (SSSR count). The van der Waals surface area contributed by atoms with Crippen LogP contribution >= 0.6 is 0 Å². The molecule has 0 aliphatic carbocycles. The summed E-state index contributed by atoms with van der Waals surface area (Å²) in [6, 6.07) is 7.25. The van der Waals surface area contributed by atoms with Crippen molar-refractivity contribution in [2.75, 3.05) is 13.1 Å². The van der Waals surface area contributed by atoms with Crippen molar-refractivity contribution < 1.29 is 14.7 Å². The molecule has 2 aliphatic rings. The lowest BCUT2D eigenvalue weighted by Crippen LogP contribution is -2.44. The molecule has 2 fully saturated rings. The molecular formula is C17H23N3O3. The maximum Gasteiger partial charge on any atom is 0.335 e. The zero-order valence-corrected chi connectivity index (χ0v) is 13.3. The lowest BCUT2D eigenvalue weighted by atomic mass is 9.98. The summed E-state index contributed by atoms with van der Waals surface area (Å²) < 4.78 is 0. The standard InChI is InChI=1S/C17H23N3O3/c1-11-8-15(19-18-11)16(21)20-7-6-13(10-20)9-12-2-4-14(5-3-12)17(22)23/h2-5,11,13,15,18-19H,6-10H2,1H3,(H,22,23). The number of aromatic carboxylic acids is 1. The van der Waals surface area contributed by atoms with Gasteiger partial charge >= 0.3 is 5.97 Å². The van der Waals surface area contributed by atoms with Gasteiger partial charge in [0, 0.05) is 19.1 Å². The number of amides is 1. The highest BCUT2D eigenvalue weighted by Crippen LogP contribution is 2.22. The number of hydrogen-bond acceptors (Lipinski definition) is 4. The molecule has 23 heavy (non-hydrogen) atoms. The molecule has 1 amide bonds. The van der Waals surface area contributed by atoms with Crippen LogP contribution in [-0.2, 0) is 11.2 Å². The normalized spacial score (nSPS) is 27.3. The quantitative estimate of drug-likeness (QED) is 0.773. The van der Waals surface area contributed by atoms with E-state index in [2.05, 4.69) is 17.8 Å². The second-order valence-electron chi connectivity index (χ2n) is 6.62. The van der Waals surface area contributed by atoms with E-state index in [9.17, 15) is 9.59 Å². The molecule has 0 bridgehead atoms. The maximum atomic E-state index is 12.5. The summed E-state index contributed by atoms with van der Waals surface area (Å²) in [7, 11) is 0. The predicted octanol–water partition coefficient (Wildman–Crippen LogP) is 1.03. The van der Waals surface area contributed by atoms with E-state index >= 15 is 0 Å². The Hall–Kier alpha value is -1.92. The van der Waals surface area contributed by atoms with E-state index in [1.54, 1.807) is 12.1 Å². The first-order valence-corrected chi connectivity index (χ1v) is 8.15. The molecule has 6 nitrogen and oxygen atoms in total. The monoisotopic (exact) mass is 317 g/mol. The Kier molecular flexibility index (Phi) is 4.63. The van der Waals surface area contributed by atoms with Gasteiger partial charge in [-0.05, 0) is 49.8 Å². The molecule has 0 saturated carbocycles. The number of benzene rings is 1. The summed E-state index contributed by atoms with van der Waals surface area (Å²) in [5.74, 6) is -0.270. The summed E-state index contributed by atoms with van der Waals surface area (Å²) in [5.41, 5.74) is 7.60. The first-order chi connectivity index (χ1) is 11.0. The lowest BCUT2D eigenvalue weighted by molar-refractivity contribution is -0.132. The van der Waals surface area contributed by atoms with Crippen molar-refractivity contribution in [2.45, 2.75) is 38.3 Å². The molecule has 1 aromatic carbocycles. The molecular weight excluding hydrogens is 294 g/mol. The number of carbonyl (C=O) groups is 2. The third-order valence-electron chi connectivity index (χ3n) is 4.71. The zero-order chi connectivity index (χ0) is 16.4. The molecule has 1 aromatic rings. The van der Waals surface area contributed by atoms with Crippen LogP contribution in [0.3, 0.4) is 0 Å². The minimum absolute atomic E-state index is 0.112. The van der Waals surface area contributed by atoms with E-state index in [1.165, 1.54) is 0 Å². The fourth-order valence-corrected chi connectivity index (χ4v) is 3.41. The van der Waals surface area contributed by atoms with Crippen molar-refractivity contribution in [3.63, 3.8) is 0 Å². The Morgan fingerprint density at radius 3 is 2.61 bits per heavy atom. The van der Waals surface area contributed by atoms with Gasteiger partial charge in [0.1, 0.15) is 6.04 Å². The van der Waals surface area contributed by atoms with Crippen molar-refractivity contribution in [1.82, 2.24) is 15.8 Å². The highest BCUT2D eigenvalue weighted by molar-refractivity contribution is 5.87. The average Bonchev–Trinajstić information content (AvgIpc) is 3.16. The van der Waals surface area contributed by atoms with Crippen molar-refractivity contribution in [3.05, 3.63) is 35.4 Å². The van der Waals surface area contributed by atoms with Crippen LogP contribution in [0.5, 0.6) is 0 Å². The first kappa shape index (κ1) is 16.0. The van der Waals surface area contributed by atoms with E-state index in [0.717, 1.165) is 37.9 Å². The first-order valence-electron chi connectivity index (χ1n) is 8.15. The molecule has 0 aromatic heterocycles. The second-order valence-corrected chi connectivity index (χ2v) is 6.62. The van der Waals surface area contributed by atoms with Gasteiger partial charge in [0.25, 0.3) is 0 Å². The molecule has 124 valence electrons. The molecule has 0 spiro atoms.